The molecule has 0 atom stereocenters. The Morgan fingerprint density at radius 2 is 2.00 bits per heavy atom. The number of aromatic nitrogens is 3. The van der Waals surface area contributed by atoms with E-state index in [0.717, 1.165) is 5.52 Å². The van der Waals surface area contributed by atoms with E-state index in [9.17, 15) is 4.79 Å². The van der Waals surface area contributed by atoms with E-state index in [-0.39, 0.29) is 5.91 Å². The third kappa shape index (κ3) is 2.41. The summed E-state index contributed by atoms with van der Waals surface area (Å²) in [5, 5.41) is 3.39. The molecule has 0 saturated heterocycles. The summed E-state index contributed by atoms with van der Waals surface area (Å²) in [6.07, 6.45) is 3.03. The van der Waals surface area contributed by atoms with Crippen molar-refractivity contribution in [3.63, 3.8) is 0 Å². The predicted molar refractivity (Wildman–Crippen MR) is 73.3 cm³/mol. The molecule has 2 heterocycles. The summed E-state index contributed by atoms with van der Waals surface area (Å²) in [4.78, 5) is 23.1. The molecule has 3 rings (SSSR count). The lowest BCUT2D eigenvalue weighted by molar-refractivity contribution is 0.102. The molecule has 0 spiro atoms. The molecular weight excluding hydrogens is 264 g/mol. The molecule has 19 heavy (non-hydrogen) atoms. The van der Waals surface area contributed by atoms with Crippen molar-refractivity contribution in [2.75, 3.05) is 5.32 Å². The van der Waals surface area contributed by atoms with Gasteiger partial charge in [0.2, 0.25) is 0 Å². The lowest BCUT2D eigenvalue weighted by atomic mass is 10.2. The topological polar surface area (TPSA) is 70.7 Å². The first-order valence-corrected chi connectivity index (χ1v) is 5.96. The van der Waals surface area contributed by atoms with E-state index in [1.54, 1.807) is 36.7 Å². The number of nitrogens with zero attached hydrogens (tertiary/aromatic N) is 2. The van der Waals surface area contributed by atoms with Crippen LogP contribution in [0, 0.1) is 0 Å². The normalized spacial score (nSPS) is 10.6. The standard InChI is InChI=1S/C13H9ClN4O/c14-9-1-3-10(4-2-9)18-13(19)8-5-11-12(15-6-8)17-7-16-11/h1-7H,(H,18,19)(H,15,16,17). The Bertz CT molecular complexity index is 736. The number of imidazole rings is 1. The molecule has 0 fully saturated rings. The summed E-state index contributed by atoms with van der Waals surface area (Å²) in [7, 11) is 0. The van der Waals surface area contributed by atoms with Crippen molar-refractivity contribution < 1.29 is 4.79 Å². The van der Waals surface area contributed by atoms with Crippen molar-refractivity contribution in [3.8, 4) is 0 Å². The minimum Gasteiger partial charge on any atom is -0.343 e. The maximum absolute atomic E-state index is 12.0. The van der Waals surface area contributed by atoms with Crippen molar-refractivity contribution in [1.82, 2.24) is 15.0 Å². The summed E-state index contributed by atoms with van der Waals surface area (Å²) < 4.78 is 0. The van der Waals surface area contributed by atoms with Gasteiger partial charge < -0.3 is 10.3 Å². The number of nitrogens with one attached hydrogen (secondary N) is 2. The fraction of sp³-hybridized carbons (Fsp3) is 0. The molecule has 0 aliphatic carbocycles. The lowest BCUT2D eigenvalue weighted by Crippen LogP contribution is -2.12. The average Bonchev–Trinajstić information content (AvgIpc) is 2.88. The lowest BCUT2D eigenvalue weighted by Gasteiger charge is -2.04. The molecule has 1 amide bonds. The number of hydrogen-bond donors (Lipinski definition) is 2. The van der Waals surface area contributed by atoms with Gasteiger partial charge >= 0.3 is 0 Å². The largest absolute Gasteiger partial charge is 0.343 e. The Labute approximate surface area is 113 Å². The van der Waals surface area contributed by atoms with Crippen molar-refractivity contribution in [3.05, 3.63) is 53.4 Å². The number of anilines is 1. The number of benzene rings is 1. The van der Waals surface area contributed by atoms with Gasteiger partial charge in [0.1, 0.15) is 0 Å². The van der Waals surface area contributed by atoms with Gasteiger partial charge in [0, 0.05) is 16.9 Å². The number of H-pyrrole nitrogens is 1. The van der Waals surface area contributed by atoms with E-state index in [1.165, 1.54) is 6.20 Å². The molecule has 6 heteroatoms. The molecule has 0 unspecified atom stereocenters. The maximum Gasteiger partial charge on any atom is 0.257 e. The third-order valence-electron chi connectivity index (χ3n) is 2.64. The minimum absolute atomic E-state index is 0.230. The van der Waals surface area contributed by atoms with E-state index in [0.29, 0.717) is 21.9 Å². The monoisotopic (exact) mass is 272 g/mol. The van der Waals surface area contributed by atoms with Crippen LogP contribution in [0.25, 0.3) is 11.2 Å². The summed E-state index contributed by atoms with van der Waals surface area (Å²) in [6, 6.07) is 8.62. The fourth-order valence-corrected chi connectivity index (χ4v) is 1.82. The summed E-state index contributed by atoms with van der Waals surface area (Å²) in [5.74, 6) is -0.230. The molecule has 0 saturated carbocycles. The molecule has 2 aromatic heterocycles. The van der Waals surface area contributed by atoms with Crippen LogP contribution in [0.15, 0.2) is 42.9 Å². The van der Waals surface area contributed by atoms with Gasteiger partial charge in [0.15, 0.2) is 5.65 Å². The van der Waals surface area contributed by atoms with E-state index in [2.05, 4.69) is 20.3 Å². The zero-order chi connectivity index (χ0) is 13.2. The molecule has 0 aliphatic rings. The van der Waals surface area contributed by atoms with Crippen LogP contribution in [-0.4, -0.2) is 20.9 Å². The van der Waals surface area contributed by atoms with Crippen LogP contribution < -0.4 is 5.32 Å². The Kier molecular flexibility index (Phi) is 2.89. The van der Waals surface area contributed by atoms with Crippen LogP contribution in [0.3, 0.4) is 0 Å². The zero-order valence-electron chi connectivity index (χ0n) is 9.72. The Morgan fingerprint density at radius 3 is 2.79 bits per heavy atom. The second-order valence-corrected chi connectivity index (χ2v) is 4.40. The third-order valence-corrected chi connectivity index (χ3v) is 2.89. The van der Waals surface area contributed by atoms with E-state index >= 15 is 0 Å². The first-order chi connectivity index (χ1) is 9.22. The van der Waals surface area contributed by atoms with Crippen molar-refractivity contribution in [2.24, 2.45) is 0 Å². The molecule has 1 aromatic carbocycles. The number of carbonyl (C=O) groups excluding carboxylic acids is 1. The highest BCUT2D eigenvalue weighted by molar-refractivity contribution is 6.30. The van der Waals surface area contributed by atoms with Gasteiger partial charge in [-0.05, 0) is 30.3 Å². The summed E-state index contributed by atoms with van der Waals surface area (Å²) >= 11 is 5.78. The summed E-state index contributed by atoms with van der Waals surface area (Å²) in [6.45, 7) is 0. The molecule has 3 aromatic rings. The number of fused-ring (bicyclic) bond motifs is 1. The van der Waals surface area contributed by atoms with Gasteiger partial charge in [0.05, 0.1) is 17.4 Å². The SMILES string of the molecule is O=C(Nc1ccc(Cl)cc1)c1cnc2nc[nH]c2c1. The Balaban J connectivity index is 1.84. The Morgan fingerprint density at radius 1 is 1.21 bits per heavy atom. The van der Waals surface area contributed by atoms with Gasteiger partial charge in [0.25, 0.3) is 5.91 Å². The van der Waals surface area contributed by atoms with Crippen LogP contribution in [0.4, 0.5) is 5.69 Å². The predicted octanol–water partition coefficient (Wildman–Crippen LogP) is 2.86. The first-order valence-electron chi connectivity index (χ1n) is 5.58. The number of pyridine rings is 1. The molecule has 94 valence electrons. The van der Waals surface area contributed by atoms with Gasteiger partial charge in [-0.2, -0.15) is 0 Å². The maximum atomic E-state index is 12.0. The number of hydrogen-bond acceptors (Lipinski definition) is 3. The van der Waals surface area contributed by atoms with Crippen LogP contribution >= 0.6 is 11.6 Å². The molecular formula is C13H9ClN4O. The zero-order valence-corrected chi connectivity index (χ0v) is 10.5. The molecule has 5 nitrogen and oxygen atoms in total. The minimum atomic E-state index is -0.230. The number of aromatic amines is 1. The van der Waals surface area contributed by atoms with Crippen molar-refractivity contribution in [2.45, 2.75) is 0 Å². The molecule has 0 radical (unpaired) electrons. The average molecular weight is 273 g/mol. The highest BCUT2D eigenvalue weighted by atomic mass is 35.5. The van der Waals surface area contributed by atoms with E-state index < -0.39 is 0 Å². The Hall–Kier alpha value is -2.40. The van der Waals surface area contributed by atoms with Gasteiger partial charge in [-0.3, -0.25) is 4.79 Å². The highest BCUT2D eigenvalue weighted by Crippen LogP contribution is 2.15. The van der Waals surface area contributed by atoms with Crippen LogP contribution in [0.1, 0.15) is 10.4 Å². The number of rotatable bonds is 2. The van der Waals surface area contributed by atoms with Gasteiger partial charge in [-0.1, -0.05) is 11.6 Å². The van der Waals surface area contributed by atoms with Crippen molar-refractivity contribution in [1.29, 1.82) is 0 Å². The van der Waals surface area contributed by atoms with Crippen molar-refractivity contribution >= 4 is 34.4 Å². The van der Waals surface area contributed by atoms with Gasteiger partial charge in [-0.25, -0.2) is 9.97 Å². The quantitative estimate of drug-likeness (QED) is 0.753. The number of carbonyl (C=O) groups is 1. The molecule has 0 aliphatic heterocycles. The van der Waals surface area contributed by atoms with Crippen LogP contribution in [0.2, 0.25) is 5.02 Å². The van der Waals surface area contributed by atoms with E-state index in [1.807, 2.05) is 0 Å². The van der Waals surface area contributed by atoms with Gasteiger partial charge in [-0.15, -0.1) is 0 Å². The first kappa shape index (κ1) is 11.7. The molecule has 2 N–H and O–H groups in total. The smallest absolute Gasteiger partial charge is 0.257 e. The highest BCUT2D eigenvalue weighted by Gasteiger charge is 2.08. The second-order valence-electron chi connectivity index (χ2n) is 3.96. The number of amides is 1. The van der Waals surface area contributed by atoms with Crippen LogP contribution in [-0.2, 0) is 0 Å². The fourth-order valence-electron chi connectivity index (χ4n) is 1.69. The van der Waals surface area contributed by atoms with Crippen LogP contribution in [0.5, 0.6) is 0 Å². The second kappa shape index (κ2) is 4.70. The van der Waals surface area contributed by atoms with E-state index in [4.69, 9.17) is 11.6 Å². The molecule has 0 bridgehead atoms. The summed E-state index contributed by atoms with van der Waals surface area (Å²) in [5.41, 5.74) is 2.46. The number of halogens is 1.